The minimum absolute atomic E-state index is 0.0535. The Morgan fingerprint density at radius 1 is 1.44 bits per heavy atom. The van der Waals surface area contributed by atoms with Gasteiger partial charge in [0.25, 0.3) is 0 Å². The Labute approximate surface area is 92.7 Å². The second-order valence-corrected chi connectivity index (χ2v) is 5.63. The second kappa shape index (κ2) is 5.04. The van der Waals surface area contributed by atoms with Crippen LogP contribution in [0.5, 0.6) is 0 Å². The molecule has 2 unspecified atom stereocenters. The lowest BCUT2D eigenvalue weighted by Crippen LogP contribution is -2.43. The minimum Gasteiger partial charge on any atom is -0.293 e. The Balaban J connectivity index is 2.79. The van der Waals surface area contributed by atoms with Gasteiger partial charge in [0.05, 0.1) is 0 Å². The molecular weight excluding hydrogens is 244 g/mol. The first-order chi connectivity index (χ1) is 7.33. The van der Waals surface area contributed by atoms with E-state index in [-0.39, 0.29) is 13.0 Å². The Bertz CT molecular complexity index is 281. The van der Waals surface area contributed by atoms with E-state index in [2.05, 4.69) is 5.09 Å². The van der Waals surface area contributed by atoms with Crippen LogP contribution in [0.4, 0.5) is 13.2 Å². The van der Waals surface area contributed by atoms with Crippen molar-refractivity contribution in [1.82, 2.24) is 9.76 Å². The zero-order chi connectivity index (χ0) is 12.4. The molecule has 1 heterocycles. The van der Waals surface area contributed by atoms with Gasteiger partial charge in [-0.3, -0.25) is 9.09 Å². The first-order valence-electron chi connectivity index (χ1n) is 5.19. The summed E-state index contributed by atoms with van der Waals surface area (Å²) in [5, 5.41) is 2.56. The molecule has 0 aromatic carbocycles. The molecule has 1 aliphatic rings. The number of halogens is 3. The number of rotatable bonds is 3. The first-order valence-corrected chi connectivity index (χ1v) is 6.77. The molecule has 0 spiro atoms. The van der Waals surface area contributed by atoms with Gasteiger partial charge in [-0.1, -0.05) is 13.8 Å². The van der Waals surface area contributed by atoms with Gasteiger partial charge in [-0.05, 0) is 6.42 Å². The SMILES string of the molecule is CCN(CC)P1(=O)NCCC(C(F)(F)F)O1. The topological polar surface area (TPSA) is 41.6 Å². The van der Waals surface area contributed by atoms with Crippen LogP contribution in [-0.2, 0) is 9.09 Å². The normalized spacial score (nSPS) is 32.0. The summed E-state index contributed by atoms with van der Waals surface area (Å²) in [6, 6.07) is 0. The molecule has 0 aromatic heterocycles. The molecule has 0 aliphatic carbocycles. The van der Waals surface area contributed by atoms with Crippen molar-refractivity contribution < 1.29 is 22.3 Å². The van der Waals surface area contributed by atoms with Crippen LogP contribution < -0.4 is 5.09 Å². The highest BCUT2D eigenvalue weighted by molar-refractivity contribution is 7.54. The van der Waals surface area contributed by atoms with Gasteiger partial charge in [-0.15, -0.1) is 0 Å². The second-order valence-electron chi connectivity index (χ2n) is 3.49. The number of nitrogens with zero attached hydrogens (tertiary/aromatic N) is 1. The van der Waals surface area contributed by atoms with E-state index in [1.54, 1.807) is 13.8 Å². The molecule has 1 saturated heterocycles. The maximum absolute atomic E-state index is 12.5. The Morgan fingerprint density at radius 2 is 2.00 bits per heavy atom. The van der Waals surface area contributed by atoms with Gasteiger partial charge in [0, 0.05) is 19.6 Å². The quantitative estimate of drug-likeness (QED) is 0.791. The van der Waals surface area contributed by atoms with E-state index in [0.717, 1.165) is 0 Å². The third-order valence-corrected chi connectivity index (χ3v) is 4.93. The number of nitrogens with one attached hydrogen (secondary N) is 1. The average Bonchev–Trinajstić information content (AvgIpc) is 2.18. The number of hydrogen-bond acceptors (Lipinski definition) is 2. The number of alkyl halides is 3. The molecule has 8 heteroatoms. The van der Waals surface area contributed by atoms with Crippen molar-refractivity contribution in [3.63, 3.8) is 0 Å². The summed E-state index contributed by atoms with van der Waals surface area (Å²) in [7, 11) is -3.51. The zero-order valence-corrected chi connectivity index (χ0v) is 10.1. The van der Waals surface area contributed by atoms with Crippen LogP contribution in [0.1, 0.15) is 20.3 Å². The van der Waals surface area contributed by atoms with Gasteiger partial charge in [0.2, 0.25) is 0 Å². The maximum Gasteiger partial charge on any atom is 0.415 e. The summed E-state index contributed by atoms with van der Waals surface area (Å²) in [5.41, 5.74) is 0. The lowest BCUT2D eigenvalue weighted by molar-refractivity contribution is -0.200. The summed E-state index contributed by atoms with van der Waals surface area (Å²) in [6.45, 7) is 4.27. The van der Waals surface area contributed by atoms with Crippen molar-refractivity contribution in [2.45, 2.75) is 32.5 Å². The van der Waals surface area contributed by atoms with Gasteiger partial charge < -0.3 is 0 Å². The van der Waals surface area contributed by atoms with Crippen LogP contribution in [-0.4, -0.2) is 36.6 Å². The molecule has 16 heavy (non-hydrogen) atoms. The van der Waals surface area contributed by atoms with Gasteiger partial charge >= 0.3 is 13.8 Å². The fourth-order valence-corrected chi connectivity index (χ4v) is 3.72. The zero-order valence-electron chi connectivity index (χ0n) is 9.25. The fraction of sp³-hybridized carbons (Fsp3) is 1.00. The smallest absolute Gasteiger partial charge is 0.293 e. The predicted octanol–water partition coefficient (Wildman–Crippen LogP) is 2.38. The molecule has 1 rings (SSSR count). The molecular formula is C8H16F3N2O2P. The molecule has 1 aliphatic heterocycles. The highest BCUT2D eigenvalue weighted by atomic mass is 31.2. The van der Waals surface area contributed by atoms with E-state index in [0.29, 0.717) is 13.1 Å². The third-order valence-electron chi connectivity index (χ3n) is 2.46. The van der Waals surface area contributed by atoms with Crippen LogP contribution in [0, 0.1) is 0 Å². The standard InChI is InChI=1S/C8H16F3N2O2P/c1-3-13(4-2)16(14)12-6-5-7(15-16)8(9,10)11/h7H,3-6H2,1-2H3,(H,12,14). The molecule has 1 fully saturated rings. The fourth-order valence-electron chi connectivity index (χ4n) is 1.59. The molecule has 0 radical (unpaired) electrons. The molecule has 0 bridgehead atoms. The van der Waals surface area contributed by atoms with Crippen LogP contribution in [0.15, 0.2) is 0 Å². The van der Waals surface area contributed by atoms with Crippen molar-refractivity contribution in [1.29, 1.82) is 0 Å². The van der Waals surface area contributed by atoms with E-state index in [4.69, 9.17) is 4.52 Å². The lowest BCUT2D eigenvalue weighted by atomic mass is 10.2. The minimum atomic E-state index is -4.45. The lowest BCUT2D eigenvalue weighted by Gasteiger charge is -2.36. The van der Waals surface area contributed by atoms with Crippen molar-refractivity contribution in [2.24, 2.45) is 0 Å². The number of hydrogen-bond donors (Lipinski definition) is 1. The van der Waals surface area contributed by atoms with E-state index >= 15 is 0 Å². The Hall–Kier alpha value is -0.100. The van der Waals surface area contributed by atoms with Crippen molar-refractivity contribution in [3.05, 3.63) is 0 Å². The summed E-state index contributed by atoms with van der Waals surface area (Å²) in [6.07, 6.45) is -6.58. The van der Waals surface area contributed by atoms with Gasteiger partial charge in [0.1, 0.15) is 0 Å². The van der Waals surface area contributed by atoms with Gasteiger partial charge in [-0.25, -0.2) is 9.76 Å². The molecule has 2 atom stereocenters. The van der Waals surface area contributed by atoms with Crippen molar-refractivity contribution in [3.8, 4) is 0 Å². The van der Waals surface area contributed by atoms with E-state index in [1.165, 1.54) is 4.67 Å². The van der Waals surface area contributed by atoms with Gasteiger partial charge in [-0.2, -0.15) is 13.2 Å². The van der Waals surface area contributed by atoms with E-state index in [9.17, 15) is 17.7 Å². The summed E-state index contributed by atoms with van der Waals surface area (Å²) in [5.74, 6) is 0. The monoisotopic (exact) mass is 260 g/mol. The molecule has 96 valence electrons. The third kappa shape index (κ3) is 2.97. The van der Waals surface area contributed by atoms with E-state index in [1.807, 2.05) is 0 Å². The largest absolute Gasteiger partial charge is 0.415 e. The molecule has 0 amide bonds. The van der Waals surface area contributed by atoms with Crippen molar-refractivity contribution >= 4 is 7.67 Å². The average molecular weight is 260 g/mol. The van der Waals surface area contributed by atoms with Crippen molar-refractivity contribution in [2.75, 3.05) is 19.6 Å². The molecule has 4 nitrogen and oxygen atoms in total. The summed E-state index contributed by atoms with van der Waals surface area (Å²) >= 11 is 0. The molecule has 0 aromatic rings. The highest BCUT2D eigenvalue weighted by Crippen LogP contribution is 2.52. The summed E-state index contributed by atoms with van der Waals surface area (Å²) in [4.78, 5) is 0. The Morgan fingerprint density at radius 3 is 2.44 bits per heavy atom. The molecule has 1 N–H and O–H groups in total. The Kier molecular flexibility index (Phi) is 4.40. The van der Waals surface area contributed by atoms with E-state index < -0.39 is 20.0 Å². The predicted molar refractivity (Wildman–Crippen MR) is 54.1 cm³/mol. The maximum atomic E-state index is 12.5. The first kappa shape index (κ1) is 14.0. The van der Waals surface area contributed by atoms with Crippen LogP contribution >= 0.6 is 7.67 Å². The van der Waals surface area contributed by atoms with Crippen LogP contribution in [0.25, 0.3) is 0 Å². The summed E-state index contributed by atoms with van der Waals surface area (Å²) < 4.78 is 55.7. The molecule has 0 saturated carbocycles. The van der Waals surface area contributed by atoms with Crippen LogP contribution in [0.2, 0.25) is 0 Å². The van der Waals surface area contributed by atoms with Crippen LogP contribution in [0.3, 0.4) is 0 Å². The highest BCUT2D eigenvalue weighted by Gasteiger charge is 2.48. The van der Waals surface area contributed by atoms with Gasteiger partial charge in [0.15, 0.2) is 6.10 Å².